The fraction of sp³-hybridized carbons (Fsp3) is 0.556. The molecule has 186 valence electrons. The van der Waals surface area contributed by atoms with Gasteiger partial charge in [0, 0.05) is 12.1 Å². The Labute approximate surface area is 207 Å². The Balaban J connectivity index is 1.16. The Bertz CT molecular complexity index is 1080. The third kappa shape index (κ3) is 5.17. The number of rotatable bonds is 6. The van der Waals surface area contributed by atoms with Gasteiger partial charge in [0.1, 0.15) is 11.9 Å². The van der Waals surface area contributed by atoms with Crippen molar-refractivity contribution in [2.24, 2.45) is 10.9 Å². The number of carbonyl (C=O) groups excluding carboxylic acids is 1. The van der Waals surface area contributed by atoms with E-state index in [-0.39, 0.29) is 11.9 Å². The van der Waals surface area contributed by atoms with E-state index in [1.165, 1.54) is 37.6 Å². The number of hydrogen-bond donors (Lipinski definition) is 3. The number of nitrogens with two attached hydrogens (primary N) is 1. The molecule has 1 saturated heterocycles. The molecule has 35 heavy (non-hydrogen) atoms. The van der Waals surface area contributed by atoms with E-state index in [2.05, 4.69) is 44.9 Å². The third-order valence-corrected chi connectivity index (χ3v) is 7.69. The lowest BCUT2D eigenvalue weighted by Crippen LogP contribution is -2.41. The Hall–Kier alpha value is -3.00. The summed E-state index contributed by atoms with van der Waals surface area (Å²) in [6, 6.07) is 8.76. The number of carbonyl (C=O) groups is 1. The first kappa shape index (κ1) is 23.7. The molecule has 1 aromatic carbocycles. The molecular weight excluding hydrogens is 440 g/mol. The number of fused-ring (bicyclic) bond motifs is 1. The smallest absolute Gasteiger partial charge is 0.246 e. The van der Waals surface area contributed by atoms with Crippen LogP contribution in [-0.2, 0) is 4.79 Å². The maximum Gasteiger partial charge on any atom is 0.246 e. The highest BCUT2D eigenvalue weighted by atomic mass is 16.5. The topological polar surface area (TPSA) is 115 Å². The van der Waals surface area contributed by atoms with E-state index in [0.717, 1.165) is 43.6 Å². The van der Waals surface area contributed by atoms with E-state index in [9.17, 15) is 4.79 Å². The quantitative estimate of drug-likeness (QED) is 0.583. The molecule has 4 N–H and O–H groups in total. The number of amides is 1. The lowest BCUT2D eigenvalue weighted by atomic mass is 9.77. The molecule has 3 aliphatic rings. The standard InChI is InChI=1S/C27H36N6O2/c1-27(2)23(33-22-24(28)31-16-32-26(22)35-27)20-11-9-19(10-12-20)18-7-5-17(6-8-18)13-15-30-25(34)21-4-3-14-29-21/h9-12,16-18,21,29H,3-8,13-15H2,1-2H3,(H,30,34)(H2,28,31,32)/t17?,18?,21-/m0/s1. The summed E-state index contributed by atoms with van der Waals surface area (Å²) in [6.45, 7) is 5.74. The molecule has 1 atom stereocenters. The van der Waals surface area contributed by atoms with Crippen LogP contribution < -0.4 is 21.1 Å². The summed E-state index contributed by atoms with van der Waals surface area (Å²) in [7, 11) is 0. The van der Waals surface area contributed by atoms with Gasteiger partial charge in [0.2, 0.25) is 11.8 Å². The van der Waals surface area contributed by atoms with E-state index in [1.807, 2.05) is 13.8 Å². The molecule has 0 spiro atoms. The summed E-state index contributed by atoms with van der Waals surface area (Å²) in [5.41, 5.74) is 9.13. The van der Waals surface area contributed by atoms with Crippen LogP contribution in [-0.4, -0.2) is 46.3 Å². The highest BCUT2D eigenvalue weighted by molar-refractivity contribution is 6.09. The lowest BCUT2D eigenvalue weighted by molar-refractivity contribution is -0.122. The van der Waals surface area contributed by atoms with E-state index in [4.69, 9.17) is 15.5 Å². The van der Waals surface area contributed by atoms with Crippen LogP contribution in [0.4, 0.5) is 11.5 Å². The lowest BCUT2D eigenvalue weighted by Gasteiger charge is -2.32. The van der Waals surface area contributed by atoms with Gasteiger partial charge >= 0.3 is 0 Å². The largest absolute Gasteiger partial charge is 0.463 e. The SMILES string of the molecule is CC1(C)Oc2ncnc(N)c2N=C1c1ccc(C2CCC(CCNC(=O)[C@@H]3CCCN3)CC2)cc1. The fourth-order valence-electron chi connectivity index (χ4n) is 5.63. The van der Waals surface area contributed by atoms with Crippen molar-refractivity contribution >= 4 is 23.1 Å². The molecule has 1 amide bonds. The van der Waals surface area contributed by atoms with E-state index < -0.39 is 5.60 Å². The zero-order valence-electron chi connectivity index (χ0n) is 20.7. The van der Waals surface area contributed by atoms with Gasteiger partial charge in [-0.1, -0.05) is 24.3 Å². The molecule has 2 aromatic rings. The maximum atomic E-state index is 12.2. The molecule has 3 heterocycles. The number of aliphatic imine (C=N–C) groups is 1. The first-order chi connectivity index (χ1) is 16.9. The van der Waals surface area contributed by atoms with Gasteiger partial charge in [0.15, 0.2) is 11.5 Å². The van der Waals surface area contributed by atoms with Crippen molar-refractivity contribution in [2.75, 3.05) is 18.8 Å². The zero-order chi connectivity index (χ0) is 24.4. The summed E-state index contributed by atoms with van der Waals surface area (Å²) in [5, 5.41) is 6.40. The van der Waals surface area contributed by atoms with Crippen LogP contribution in [0.1, 0.15) is 75.8 Å². The second-order valence-corrected chi connectivity index (χ2v) is 10.6. The summed E-state index contributed by atoms with van der Waals surface area (Å²) < 4.78 is 6.11. The zero-order valence-corrected chi connectivity index (χ0v) is 20.7. The summed E-state index contributed by atoms with van der Waals surface area (Å²) in [6.07, 6.45) is 9.36. The molecule has 1 aromatic heterocycles. The molecule has 0 bridgehead atoms. The molecule has 8 nitrogen and oxygen atoms in total. The van der Waals surface area contributed by atoms with Crippen LogP contribution in [0.25, 0.3) is 0 Å². The number of nitrogens with one attached hydrogen (secondary N) is 2. The number of ether oxygens (including phenoxy) is 1. The summed E-state index contributed by atoms with van der Waals surface area (Å²) in [5.74, 6) is 2.20. The van der Waals surface area contributed by atoms with Gasteiger partial charge in [-0.15, -0.1) is 0 Å². The van der Waals surface area contributed by atoms with E-state index in [0.29, 0.717) is 29.2 Å². The van der Waals surface area contributed by atoms with Crippen LogP contribution in [0.3, 0.4) is 0 Å². The van der Waals surface area contributed by atoms with Crippen molar-refractivity contribution in [1.82, 2.24) is 20.6 Å². The number of nitrogens with zero attached hydrogens (tertiary/aromatic N) is 3. The first-order valence-electron chi connectivity index (χ1n) is 12.9. The minimum Gasteiger partial charge on any atom is -0.463 e. The van der Waals surface area contributed by atoms with Crippen molar-refractivity contribution in [3.05, 3.63) is 41.7 Å². The number of hydrogen-bond acceptors (Lipinski definition) is 7. The van der Waals surface area contributed by atoms with Gasteiger partial charge in [-0.2, -0.15) is 4.98 Å². The van der Waals surface area contributed by atoms with Crippen LogP contribution in [0.5, 0.6) is 5.88 Å². The van der Waals surface area contributed by atoms with Gasteiger partial charge in [-0.3, -0.25) is 4.79 Å². The molecule has 0 unspecified atom stereocenters. The minimum atomic E-state index is -0.614. The van der Waals surface area contributed by atoms with Crippen LogP contribution >= 0.6 is 0 Å². The van der Waals surface area contributed by atoms with Crippen molar-refractivity contribution in [3.8, 4) is 5.88 Å². The van der Waals surface area contributed by atoms with Crippen molar-refractivity contribution in [3.63, 3.8) is 0 Å². The number of benzene rings is 1. The molecule has 1 aliphatic carbocycles. The number of aromatic nitrogens is 2. The second kappa shape index (κ2) is 9.93. The van der Waals surface area contributed by atoms with Crippen molar-refractivity contribution in [2.45, 2.75) is 76.4 Å². The predicted octanol–water partition coefficient (Wildman–Crippen LogP) is 3.88. The second-order valence-electron chi connectivity index (χ2n) is 10.6. The Morgan fingerprint density at radius 2 is 1.91 bits per heavy atom. The summed E-state index contributed by atoms with van der Waals surface area (Å²) >= 11 is 0. The Morgan fingerprint density at radius 3 is 2.63 bits per heavy atom. The van der Waals surface area contributed by atoms with Crippen molar-refractivity contribution in [1.29, 1.82) is 0 Å². The molecule has 5 rings (SSSR count). The third-order valence-electron chi connectivity index (χ3n) is 7.69. The predicted molar refractivity (Wildman–Crippen MR) is 137 cm³/mol. The Kier molecular flexibility index (Phi) is 6.73. The van der Waals surface area contributed by atoms with E-state index >= 15 is 0 Å². The molecule has 0 radical (unpaired) electrons. The summed E-state index contributed by atoms with van der Waals surface area (Å²) in [4.78, 5) is 25.2. The van der Waals surface area contributed by atoms with Crippen LogP contribution in [0.15, 0.2) is 35.6 Å². The maximum absolute atomic E-state index is 12.2. The average Bonchev–Trinajstić information content (AvgIpc) is 3.39. The molecule has 2 fully saturated rings. The van der Waals surface area contributed by atoms with Gasteiger partial charge in [-0.05, 0) is 82.7 Å². The van der Waals surface area contributed by atoms with Crippen molar-refractivity contribution < 1.29 is 9.53 Å². The van der Waals surface area contributed by atoms with Gasteiger partial charge in [0.25, 0.3) is 0 Å². The highest BCUT2D eigenvalue weighted by Gasteiger charge is 2.35. The molecule has 1 saturated carbocycles. The Morgan fingerprint density at radius 1 is 1.14 bits per heavy atom. The van der Waals surface area contributed by atoms with Gasteiger partial charge in [-0.25, -0.2) is 9.98 Å². The van der Waals surface area contributed by atoms with Crippen LogP contribution in [0.2, 0.25) is 0 Å². The fourth-order valence-corrected chi connectivity index (χ4v) is 5.63. The molecular formula is C27H36N6O2. The number of nitrogen functional groups attached to an aromatic ring is 1. The minimum absolute atomic E-state index is 0.0193. The molecule has 2 aliphatic heterocycles. The van der Waals surface area contributed by atoms with E-state index in [1.54, 1.807) is 0 Å². The number of anilines is 1. The average molecular weight is 477 g/mol. The highest BCUT2D eigenvalue weighted by Crippen LogP contribution is 2.40. The first-order valence-corrected chi connectivity index (χ1v) is 12.9. The van der Waals surface area contributed by atoms with Crippen LogP contribution in [0, 0.1) is 5.92 Å². The van der Waals surface area contributed by atoms with Gasteiger partial charge in [0.05, 0.1) is 11.8 Å². The van der Waals surface area contributed by atoms with Gasteiger partial charge < -0.3 is 21.1 Å². The monoisotopic (exact) mass is 476 g/mol. The molecule has 8 heteroatoms. The normalized spacial score (nSPS) is 25.3.